The summed E-state index contributed by atoms with van der Waals surface area (Å²) in [5.74, 6) is -0.880. The van der Waals surface area contributed by atoms with Gasteiger partial charge in [0.2, 0.25) is 0 Å². The lowest BCUT2D eigenvalue weighted by molar-refractivity contribution is -0.167. The molecular formula is C74H130O6. The molecule has 0 aliphatic carbocycles. The lowest BCUT2D eigenvalue weighted by Gasteiger charge is -2.18. The first-order chi connectivity index (χ1) is 39.5. The van der Waals surface area contributed by atoms with Crippen LogP contribution in [-0.2, 0) is 28.6 Å². The van der Waals surface area contributed by atoms with Crippen LogP contribution in [0.1, 0.15) is 348 Å². The normalized spacial score (nSPS) is 12.6. The van der Waals surface area contributed by atoms with E-state index in [0.717, 1.165) is 103 Å². The van der Waals surface area contributed by atoms with Gasteiger partial charge in [-0.05, 0) is 109 Å². The van der Waals surface area contributed by atoms with Crippen molar-refractivity contribution in [3.05, 3.63) is 85.1 Å². The summed E-state index contributed by atoms with van der Waals surface area (Å²) in [5, 5.41) is 0. The minimum absolute atomic E-state index is 0.0802. The summed E-state index contributed by atoms with van der Waals surface area (Å²) in [6, 6.07) is 0. The largest absolute Gasteiger partial charge is 0.462 e. The van der Waals surface area contributed by atoms with Crippen LogP contribution in [0.4, 0.5) is 0 Å². The minimum atomic E-state index is -0.785. The van der Waals surface area contributed by atoms with Gasteiger partial charge in [0.05, 0.1) is 0 Å². The Morgan fingerprint density at radius 2 is 0.500 bits per heavy atom. The molecule has 0 saturated carbocycles. The highest BCUT2D eigenvalue weighted by molar-refractivity contribution is 5.71. The second kappa shape index (κ2) is 68.1. The van der Waals surface area contributed by atoms with Crippen molar-refractivity contribution in [3.63, 3.8) is 0 Å². The van der Waals surface area contributed by atoms with Gasteiger partial charge < -0.3 is 14.2 Å². The number of esters is 3. The van der Waals surface area contributed by atoms with Gasteiger partial charge in [-0.25, -0.2) is 0 Å². The average Bonchev–Trinajstić information content (AvgIpc) is 3.46. The topological polar surface area (TPSA) is 78.9 Å². The van der Waals surface area contributed by atoms with E-state index in [9.17, 15) is 14.4 Å². The van der Waals surface area contributed by atoms with Gasteiger partial charge in [-0.3, -0.25) is 14.4 Å². The monoisotopic (exact) mass is 1110 g/mol. The van der Waals surface area contributed by atoms with Crippen LogP contribution in [0.15, 0.2) is 85.1 Å². The quantitative estimate of drug-likeness (QED) is 0.0261. The van der Waals surface area contributed by atoms with Crippen molar-refractivity contribution in [1.29, 1.82) is 0 Å². The van der Waals surface area contributed by atoms with Gasteiger partial charge in [-0.15, -0.1) is 0 Å². The molecule has 0 N–H and O–H groups in total. The standard InChI is InChI=1S/C74H130O6/c1-4-7-10-13-16-19-22-25-28-30-32-34-36-37-39-40-42-44-46-49-52-55-58-61-64-67-73(76)79-70-71(69-78-72(75)66-63-60-57-54-51-48-27-24-21-18-15-12-9-6-3)80-74(77)68-65-62-59-56-53-50-47-45-43-41-38-35-33-31-29-26-23-20-17-14-11-8-5-2/h7,10,15-16,18-19,24-25,27-28,31-34,71H,4-6,8-9,11-14,17,20-23,26,29-30,35-70H2,1-3H3/b10-7-,18-15-,19-16-,27-24-,28-25-,33-31-,34-32-. The molecule has 0 aromatic carbocycles. The van der Waals surface area contributed by atoms with Gasteiger partial charge in [-0.1, -0.05) is 305 Å². The van der Waals surface area contributed by atoms with E-state index in [2.05, 4.69) is 106 Å². The Kier molecular flexibility index (Phi) is 65.2. The first-order valence-corrected chi connectivity index (χ1v) is 34.6. The smallest absolute Gasteiger partial charge is 0.306 e. The van der Waals surface area contributed by atoms with Crippen LogP contribution < -0.4 is 0 Å². The summed E-state index contributed by atoms with van der Waals surface area (Å²) >= 11 is 0. The Morgan fingerprint density at radius 1 is 0.263 bits per heavy atom. The summed E-state index contributed by atoms with van der Waals surface area (Å²) in [4.78, 5) is 38.4. The van der Waals surface area contributed by atoms with Crippen molar-refractivity contribution >= 4 is 17.9 Å². The second-order valence-electron chi connectivity index (χ2n) is 23.1. The van der Waals surface area contributed by atoms with Crippen LogP contribution in [0, 0.1) is 0 Å². The lowest BCUT2D eigenvalue weighted by atomic mass is 10.0. The number of hydrogen-bond acceptors (Lipinski definition) is 6. The molecule has 0 heterocycles. The zero-order chi connectivity index (χ0) is 57.8. The van der Waals surface area contributed by atoms with Crippen LogP contribution in [0.3, 0.4) is 0 Å². The molecule has 0 bridgehead atoms. The Hall–Kier alpha value is -3.41. The Balaban J connectivity index is 4.30. The van der Waals surface area contributed by atoms with E-state index in [1.165, 1.54) is 205 Å². The fourth-order valence-electron chi connectivity index (χ4n) is 9.92. The third-order valence-electron chi connectivity index (χ3n) is 15.1. The van der Waals surface area contributed by atoms with E-state index in [1.807, 2.05) is 0 Å². The average molecular weight is 1120 g/mol. The van der Waals surface area contributed by atoms with Gasteiger partial charge >= 0.3 is 17.9 Å². The van der Waals surface area contributed by atoms with E-state index in [-0.39, 0.29) is 31.1 Å². The zero-order valence-electron chi connectivity index (χ0n) is 53.1. The molecule has 0 amide bonds. The van der Waals surface area contributed by atoms with Crippen LogP contribution >= 0.6 is 0 Å². The van der Waals surface area contributed by atoms with Crippen molar-refractivity contribution in [3.8, 4) is 0 Å². The molecule has 0 aliphatic rings. The molecule has 80 heavy (non-hydrogen) atoms. The summed E-state index contributed by atoms with van der Waals surface area (Å²) in [5.41, 5.74) is 0. The van der Waals surface area contributed by atoms with E-state index in [0.29, 0.717) is 19.3 Å². The van der Waals surface area contributed by atoms with Crippen LogP contribution in [0.2, 0.25) is 0 Å². The highest BCUT2D eigenvalue weighted by Gasteiger charge is 2.19. The van der Waals surface area contributed by atoms with Crippen LogP contribution in [0.5, 0.6) is 0 Å². The predicted molar refractivity (Wildman–Crippen MR) is 348 cm³/mol. The van der Waals surface area contributed by atoms with E-state index < -0.39 is 6.10 Å². The van der Waals surface area contributed by atoms with Gasteiger partial charge in [0, 0.05) is 19.3 Å². The fourth-order valence-corrected chi connectivity index (χ4v) is 9.92. The summed E-state index contributed by atoms with van der Waals surface area (Å²) in [7, 11) is 0. The maximum absolute atomic E-state index is 13.0. The maximum atomic E-state index is 13.0. The van der Waals surface area contributed by atoms with Crippen molar-refractivity contribution in [2.24, 2.45) is 0 Å². The number of unbranched alkanes of at least 4 members (excludes halogenated alkanes) is 38. The highest BCUT2D eigenvalue weighted by Crippen LogP contribution is 2.17. The zero-order valence-corrected chi connectivity index (χ0v) is 53.1. The predicted octanol–water partition coefficient (Wildman–Crippen LogP) is 23.8. The number of hydrogen-bond donors (Lipinski definition) is 0. The number of carbonyl (C=O) groups excluding carboxylic acids is 3. The van der Waals surface area contributed by atoms with Crippen molar-refractivity contribution in [2.45, 2.75) is 354 Å². The molecule has 0 aliphatic heterocycles. The fraction of sp³-hybridized carbons (Fsp3) is 0.770. The molecule has 6 nitrogen and oxygen atoms in total. The van der Waals surface area contributed by atoms with Crippen molar-refractivity contribution < 1.29 is 28.6 Å². The third-order valence-corrected chi connectivity index (χ3v) is 15.1. The molecule has 462 valence electrons. The molecule has 0 aromatic heterocycles. The Morgan fingerprint density at radius 3 is 0.812 bits per heavy atom. The van der Waals surface area contributed by atoms with E-state index in [4.69, 9.17) is 14.2 Å². The molecule has 6 heteroatoms. The summed E-state index contributed by atoms with van der Waals surface area (Å²) in [6.07, 6.45) is 90.3. The first-order valence-electron chi connectivity index (χ1n) is 34.6. The van der Waals surface area contributed by atoms with Crippen LogP contribution in [0.25, 0.3) is 0 Å². The van der Waals surface area contributed by atoms with Gasteiger partial charge in [0.25, 0.3) is 0 Å². The van der Waals surface area contributed by atoms with Gasteiger partial charge in [0.15, 0.2) is 6.10 Å². The third kappa shape index (κ3) is 65.4. The molecule has 0 aromatic rings. The minimum Gasteiger partial charge on any atom is -0.462 e. The molecule has 0 fully saturated rings. The number of allylic oxidation sites excluding steroid dienone is 14. The van der Waals surface area contributed by atoms with Crippen molar-refractivity contribution in [2.75, 3.05) is 13.2 Å². The Bertz CT molecular complexity index is 1520. The summed E-state index contributed by atoms with van der Waals surface area (Å²) < 4.78 is 17.0. The van der Waals surface area contributed by atoms with Gasteiger partial charge in [-0.2, -0.15) is 0 Å². The molecule has 0 rings (SSSR count). The SMILES string of the molecule is CC/C=C\C/C=C\C/C=C\C/C=C\CCCCCCCCCCCCCCC(=O)OCC(COC(=O)CCCCCCC/C=C\C/C=C\CCCC)OC(=O)CCCCCCCCCCCCC/C=C\CCCCCCCCCC. The molecule has 0 radical (unpaired) electrons. The van der Waals surface area contributed by atoms with Gasteiger partial charge in [0.1, 0.15) is 13.2 Å². The molecular weight excluding hydrogens is 985 g/mol. The first kappa shape index (κ1) is 76.6. The molecule has 1 unspecified atom stereocenters. The number of carbonyl (C=O) groups is 3. The Labute approximate surface area is 496 Å². The van der Waals surface area contributed by atoms with Crippen molar-refractivity contribution in [1.82, 2.24) is 0 Å². The van der Waals surface area contributed by atoms with E-state index >= 15 is 0 Å². The number of ether oxygens (including phenoxy) is 3. The van der Waals surface area contributed by atoms with E-state index in [1.54, 1.807) is 0 Å². The highest BCUT2D eigenvalue weighted by atomic mass is 16.6. The molecule has 0 saturated heterocycles. The molecule has 0 spiro atoms. The number of rotatable bonds is 63. The molecule has 1 atom stereocenters. The maximum Gasteiger partial charge on any atom is 0.306 e. The summed E-state index contributed by atoms with van der Waals surface area (Å²) in [6.45, 7) is 6.52. The van der Waals surface area contributed by atoms with Crippen LogP contribution in [-0.4, -0.2) is 37.2 Å². The lowest BCUT2D eigenvalue weighted by Crippen LogP contribution is -2.30. The second-order valence-corrected chi connectivity index (χ2v) is 23.1.